The minimum atomic E-state index is -1.74. The van der Waals surface area contributed by atoms with Crippen molar-refractivity contribution < 1.29 is 28.8 Å². The maximum atomic E-state index is 13.9. The fraction of sp³-hybridized carbons (Fsp3) is 0.400. The summed E-state index contributed by atoms with van der Waals surface area (Å²) in [7, 11) is 0. The molecular formula is C35H43NO6. The van der Waals surface area contributed by atoms with Crippen LogP contribution >= 0.6 is 0 Å². The number of carbonyl (C=O) groups excluding carboxylic acids is 1. The van der Waals surface area contributed by atoms with Crippen LogP contribution in [0.25, 0.3) is 0 Å². The zero-order valence-corrected chi connectivity index (χ0v) is 24.9. The van der Waals surface area contributed by atoms with Crippen LogP contribution in [-0.2, 0) is 38.8 Å². The molecule has 0 aromatic heterocycles. The molecule has 4 rings (SSSR count). The third-order valence-corrected chi connectivity index (χ3v) is 7.15. The highest BCUT2D eigenvalue weighted by Crippen LogP contribution is 2.42. The van der Waals surface area contributed by atoms with Gasteiger partial charge in [0.15, 0.2) is 5.72 Å². The summed E-state index contributed by atoms with van der Waals surface area (Å²) in [6.45, 7) is 10.2. The number of hydrogen-bond donors (Lipinski definition) is 1. The van der Waals surface area contributed by atoms with Crippen molar-refractivity contribution in [3.05, 3.63) is 120 Å². The van der Waals surface area contributed by atoms with E-state index >= 15 is 0 Å². The average molecular weight is 574 g/mol. The van der Waals surface area contributed by atoms with Gasteiger partial charge >= 0.3 is 6.09 Å². The van der Waals surface area contributed by atoms with Gasteiger partial charge in [0.2, 0.25) is 0 Å². The van der Waals surface area contributed by atoms with Gasteiger partial charge in [0.1, 0.15) is 17.8 Å². The zero-order chi connectivity index (χ0) is 30.0. The van der Waals surface area contributed by atoms with Crippen LogP contribution < -0.4 is 0 Å². The summed E-state index contributed by atoms with van der Waals surface area (Å²) < 4.78 is 25.1. The summed E-state index contributed by atoms with van der Waals surface area (Å²) in [5, 5.41) is 12.5. The summed E-state index contributed by atoms with van der Waals surface area (Å²) in [5.74, 6) is 0. The molecule has 1 fully saturated rings. The second-order valence-electron chi connectivity index (χ2n) is 11.6. The molecule has 42 heavy (non-hydrogen) atoms. The van der Waals surface area contributed by atoms with Crippen molar-refractivity contribution in [3.63, 3.8) is 0 Å². The molecule has 1 N–H and O–H groups in total. The van der Waals surface area contributed by atoms with E-state index in [4.69, 9.17) is 18.9 Å². The molecule has 1 amide bonds. The summed E-state index contributed by atoms with van der Waals surface area (Å²) in [6.07, 6.45) is 0.103. The fourth-order valence-electron chi connectivity index (χ4n) is 5.21. The molecule has 4 atom stereocenters. The monoisotopic (exact) mass is 573 g/mol. The van der Waals surface area contributed by atoms with Gasteiger partial charge in [-0.05, 0) is 43.9 Å². The third kappa shape index (κ3) is 8.29. The third-order valence-electron chi connectivity index (χ3n) is 7.15. The summed E-state index contributed by atoms with van der Waals surface area (Å²) >= 11 is 0. The van der Waals surface area contributed by atoms with E-state index in [0.29, 0.717) is 13.0 Å². The number of benzene rings is 3. The lowest BCUT2D eigenvalue weighted by molar-refractivity contribution is -0.180. The standard InChI is InChI=1S/C35H43NO6/c1-5-6-22-35(38)32(41-25-29-20-14-9-15-21-29)31(40-24-28-18-12-8-13-19-28)30(36(35)33(37)42-34(2,3)4)26-39-23-27-16-10-7-11-17-27/h5,7-21,30-32,38H,1,6,22-26H2,2-4H3/t30-,31-,32+,35?/m1/s1. The fourth-order valence-corrected chi connectivity index (χ4v) is 5.21. The predicted octanol–water partition coefficient (Wildman–Crippen LogP) is 6.65. The SMILES string of the molecule is C=CCCC1(O)[C@@H](OCc2ccccc2)[C@H](OCc2ccccc2)[C@@H](COCc2ccccc2)N1C(=O)OC(C)(C)C. The first-order valence-electron chi connectivity index (χ1n) is 14.5. The van der Waals surface area contributed by atoms with E-state index in [2.05, 4.69) is 6.58 Å². The van der Waals surface area contributed by atoms with Crippen LogP contribution in [0.2, 0.25) is 0 Å². The van der Waals surface area contributed by atoms with E-state index in [1.165, 1.54) is 4.90 Å². The minimum Gasteiger partial charge on any atom is -0.444 e. The van der Waals surface area contributed by atoms with Gasteiger partial charge in [-0.2, -0.15) is 0 Å². The van der Waals surface area contributed by atoms with E-state index < -0.39 is 35.7 Å². The lowest BCUT2D eigenvalue weighted by atomic mass is 9.99. The van der Waals surface area contributed by atoms with Crippen LogP contribution in [0.1, 0.15) is 50.3 Å². The van der Waals surface area contributed by atoms with Crippen LogP contribution in [-0.4, -0.2) is 52.3 Å². The zero-order valence-electron chi connectivity index (χ0n) is 24.9. The topological polar surface area (TPSA) is 77.5 Å². The molecule has 0 aliphatic carbocycles. The molecule has 1 saturated heterocycles. The van der Waals surface area contributed by atoms with Crippen LogP contribution in [0.4, 0.5) is 4.79 Å². The van der Waals surface area contributed by atoms with Gasteiger partial charge in [-0.1, -0.05) is 97.1 Å². The highest BCUT2D eigenvalue weighted by molar-refractivity contribution is 5.70. The second kappa shape index (κ2) is 14.6. The maximum Gasteiger partial charge on any atom is 0.413 e. The number of ether oxygens (including phenoxy) is 4. The van der Waals surface area contributed by atoms with Crippen molar-refractivity contribution in [2.24, 2.45) is 0 Å². The molecule has 1 unspecified atom stereocenters. The van der Waals surface area contributed by atoms with E-state index in [0.717, 1.165) is 16.7 Å². The number of hydrogen-bond acceptors (Lipinski definition) is 6. The Morgan fingerprint density at radius 2 is 1.36 bits per heavy atom. The van der Waals surface area contributed by atoms with Crippen LogP contribution in [0.5, 0.6) is 0 Å². The molecule has 3 aromatic carbocycles. The normalized spacial score (nSPS) is 22.2. The number of amides is 1. The Bertz CT molecular complexity index is 1250. The van der Waals surface area contributed by atoms with Crippen LogP contribution in [0.15, 0.2) is 104 Å². The van der Waals surface area contributed by atoms with Crippen LogP contribution in [0.3, 0.4) is 0 Å². The Hall–Kier alpha value is -3.49. The quantitative estimate of drug-likeness (QED) is 0.231. The Labute approximate surface area is 249 Å². The largest absolute Gasteiger partial charge is 0.444 e. The smallest absolute Gasteiger partial charge is 0.413 e. The molecule has 1 aliphatic rings. The molecule has 0 radical (unpaired) electrons. The van der Waals surface area contributed by atoms with Gasteiger partial charge in [-0.15, -0.1) is 6.58 Å². The van der Waals surface area contributed by atoms with Crippen LogP contribution in [0, 0.1) is 0 Å². The highest BCUT2D eigenvalue weighted by atomic mass is 16.6. The Balaban J connectivity index is 1.71. The number of rotatable bonds is 13. The Morgan fingerprint density at radius 3 is 1.86 bits per heavy atom. The molecule has 224 valence electrons. The van der Waals surface area contributed by atoms with E-state index in [1.807, 2.05) is 91.0 Å². The molecule has 3 aromatic rings. The molecule has 0 spiro atoms. The van der Waals surface area contributed by atoms with Crippen molar-refractivity contribution in [1.29, 1.82) is 0 Å². The Kier molecular flexibility index (Phi) is 10.9. The van der Waals surface area contributed by atoms with Gasteiger partial charge in [0.05, 0.1) is 32.5 Å². The molecule has 0 bridgehead atoms. The van der Waals surface area contributed by atoms with Crippen molar-refractivity contribution in [1.82, 2.24) is 4.90 Å². The van der Waals surface area contributed by atoms with E-state index in [-0.39, 0.29) is 26.2 Å². The first-order valence-corrected chi connectivity index (χ1v) is 14.5. The van der Waals surface area contributed by atoms with Gasteiger partial charge in [0.25, 0.3) is 0 Å². The van der Waals surface area contributed by atoms with Crippen molar-refractivity contribution >= 4 is 6.09 Å². The maximum absolute atomic E-state index is 13.9. The molecule has 0 saturated carbocycles. The number of aliphatic hydroxyl groups is 1. The predicted molar refractivity (Wildman–Crippen MR) is 162 cm³/mol. The molecule has 1 aliphatic heterocycles. The molecule has 7 nitrogen and oxygen atoms in total. The second-order valence-corrected chi connectivity index (χ2v) is 11.6. The highest BCUT2D eigenvalue weighted by Gasteiger charge is 2.62. The molecule has 7 heteroatoms. The van der Waals surface area contributed by atoms with E-state index in [9.17, 15) is 9.90 Å². The van der Waals surface area contributed by atoms with Crippen molar-refractivity contribution in [3.8, 4) is 0 Å². The number of carbonyl (C=O) groups is 1. The van der Waals surface area contributed by atoms with Gasteiger partial charge in [0, 0.05) is 6.42 Å². The van der Waals surface area contributed by atoms with Gasteiger partial charge < -0.3 is 24.1 Å². The summed E-state index contributed by atoms with van der Waals surface area (Å²) in [5.41, 5.74) is 0.384. The lowest BCUT2D eigenvalue weighted by Gasteiger charge is -2.39. The Morgan fingerprint density at radius 1 is 0.857 bits per heavy atom. The number of likely N-dealkylation sites (tertiary alicyclic amines) is 1. The van der Waals surface area contributed by atoms with Gasteiger partial charge in [-0.25, -0.2) is 4.79 Å². The first-order chi connectivity index (χ1) is 20.2. The van der Waals surface area contributed by atoms with Gasteiger partial charge in [-0.3, -0.25) is 4.90 Å². The number of allylic oxidation sites excluding steroid dienone is 1. The summed E-state index contributed by atoms with van der Waals surface area (Å²) in [6, 6.07) is 28.7. The lowest BCUT2D eigenvalue weighted by Crippen LogP contribution is -2.57. The average Bonchev–Trinajstić information content (AvgIpc) is 3.21. The summed E-state index contributed by atoms with van der Waals surface area (Å²) in [4.78, 5) is 15.3. The molecular weight excluding hydrogens is 530 g/mol. The minimum absolute atomic E-state index is 0.106. The number of nitrogens with zero attached hydrogens (tertiary/aromatic N) is 1. The van der Waals surface area contributed by atoms with Crippen molar-refractivity contribution in [2.75, 3.05) is 6.61 Å². The van der Waals surface area contributed by atoms with E-state index in [1.54, 1.807) is 26.8 Å². The molecule has 1 heterocycles. The van der Waals surface area contributed by atoms with Crippen molar-refractivity contribution in [2.45, 2.75) is 83.0 Å². The first kappa shape index (κ1) is 31.4.